The first-order valence-corrected chi connectivity index (χ1v) is 20.7. The summed E-state index contributed by atoms with van der Waals surface area (Å²) in [6.07, 6.45) is 4.53. The first-order valence-electron chi connectivity index (χ1n) is 18.4. The summed E-state index contributed by atoms with van der Waals surface area (Å²) in [7, 11) is -0.498. The number of aromatic nitrogens is 3. The van der Waals surface area contributed by atoms with Crippen molar-refractivity contribution in [2.24, 2.45) is 0 Å². The third-order valence-electron chi connectivity index (χ3n) is 10.8. The molecule has 4 heterocycles. The number of pyridine rings is 1. The summed E-state index contributed by atoms with van der Waals surface area (Å²) in [5, 5.41) is 2.20. The molecule has 2 aliphatic rings. The number of carbonyl (C=O) groups excluding carboxylic acids is 1. The Hall–Kier alpha value is -4.27. The van der Waals surface area contributed by atoms with Crippen LogP contribution >= 0.6 is 0 Å². The van der Waals surface area contributed by atoms with Crippen LogP contribution in [0.2, 0.25) is 16.6 Å². The number of fused-ring (bicyclic) bond motifs is 4. The minimum Gasteiger partial charge on any atom is -0.468 e. The zero-order valence-corrected chi connectivity index (χ0v) is 33.2. The molecule has 2 aromatic heterocycles. The Morgan fingerprint density at radius 1 is 1.00 bits per heavy atom. The van der Waals surface area contributed by atoms with Gasteiger partial charge in [-0.05, 0) is 73.8 Å². The van der Waals surface area contributed by atoms with Crippen LogP contribution in [0.5, 0.6) is 5.75 Å². The monoisotopic (exact) mass is 725 g/mol. The summed E-state index contributed by atoms with van der Waals surface area (Å²) >= 11 is 0. The van der Waals surface area contributed by atoms with E-state index in [1.54, 1.807) is 13.3 Å². The Bertz CT molecular complexity index is 2000. The minimum atomic E-state index is -2.06. The molecule has 276 valence electrons. The number of halogens is 1. The van der Waals surface area contributed by atoms with Crippen LogP contribution in [0.3, 0.4) is 0 Å². The molecule has 0 aliphatic carbocycles. The van der Waals surface area contributed by atoms with Crippen LogP contribution in [-0.2, 0) is 9.47 Å². The van der Waals surface area contributed by atoms with E-state index in [1.807, 2.05) is 56.0 Å². The second-order valence-electron chi connectivity index (χ2n) is 16.1. The highest BCUT2D eigenvalue weighted by atomic mass is 28.3. The number of nitrogens with zero attached hydrogens (tertiary/aromatic N) is 5. The fourth-order valence-corrected chi connectivity index (χ4v) is 13.8. The average Bonchev–Trinajstić information content (AvgIpc) is 3.35. The zero-order valence-electron chi connectivity index (χ0n) is 32.2. The van der Waals surface area contributed by atoms with Crippen molar-refractivity contribution in [3.63, 3.8) is 0 Å². The van der Waals surface area contributed by atoms with Crippen LogP contribution in [-0.4, -0.2) is 78.7 Å². The van der Waals surface area contributed by atoms with Crippen LogP contribution in [0.4, 0.5) is 15.0 Å². The molecule has 2 aliphatic heterocycles. The Labute approximate surface area is 308 Å². The fourth-order valence-electron chi connectivity index (χ4n) is 8.62. The van der Waals surface area contributed by atoms with Gasteiger partial charge < -0.3 is 19.1 Å². The predicted octanol–water partition coefficient (Wildman–Crippen LogP) is 9.12. The van der Waals surface area contributed by atoms with Gasteiger partial charge >= 0.3 is 6.09 Å². The third kappa shape index (κ3) is 6.95. The molecule has 0 spiro atoms. The molecular formula is C41H52FN5O4Si. The Morgan fingerprint density at radius 3 is 2.29 bits per heavy atom. The lowest BCUT2D eigenvalue weighted by atomic mass is 9.96. The van der Waals surface area contributed by atoms with Gasteiger partial charge in [0.2, 0.25) is 0 Å². The van der Waals surface area contributed by atoms with E-state index >= 15 is 4.39 Å². The lowest BCUT2D eigenvalue weighted by Crippen LogP contribution is -2.57. The van der Waals surface area contributed by atoms with Gasteiger partial charge in [-0.15, -0.1) is 5.54 Å². The molecule has 6 rings (SSSR count). The first-order chi connectivity index (χ1) is 24.7. The number of benzene rings is 2. The van der Waals surface area contributed by atoms with E-state index in [4.69, 9.17) is 19.2 Å². The SMILES string of the molecule is COCOc1cc(-c2ncc3c(N4CC5CCC(C4)N5C(=O)OC(C)(C)C)ncnc3c2F)c2c(C#C[Si](C(C)C)(C(C)C)C(C)C)cccc2c1. The summed E-state index contributed by atoms with van der Waals surface area (Å²) in [6.45, 7) is 20.6. The highest BCUT2D eigenvalue weighted by Gasteiger charge is 2.45. The molecular weight excluding hydrogens is 674 g/mol. The highest BCUT2D eigenvalue weighted by Crippen LogP contribution is 2.42. The van der Waals surface area contributed by atoms with Gasteiger partial charge in [0, 0.05) is 42.9 Å². The quantitative estimate of drug-likeness (QED) is 0.101. The molecule has 9 nitrogen and oxygen atoms in total. The van der Waals surface area contributed by atoms with Gasteiger partial charge in [-0.1, -0.05) is 59.6 Å². The molecule has 2 bridgehead atoms. The zero-order chi connectivity index (χ0) is 37.5. The maximum Gasteiger partial charge on any atom is 0.410 e. The molecule has 2 unspecified atom stereocenters. The fraction of sp³-hybridized carbons (Fsp3) is 0.512. The summed E-state index contributed by atoms with van der Waals surface area (Å²) in [6, 6.07) is 9.69. The number of amides is 1. The van der Waals surface area contributed by atoms with E-state index in [2.05, 4.69) is 67.9 Å². The number of piperazine rings is 1. The Kier molecular flexibility index (Phi) is 10.5. The molecule has 4 aromatic rings. The van der Waals surface area contributed by atoms with Gasteiger partial charge in [0.25, 0.3) is 0 Å². The molecule has 2 saturated heterocycles. The molecule has 11 heteroatoms. The van der Waals surface area contributed by atoms with E-state index in [1.165, 1.54) is 6.33 Å². The van der Waals surface area contributed by atoms with E-state index < -0.39 is 19.5 Å². The van der Waals surface area contributed by atoms with Crippen molar-refractivity contribution in [1.82, 2.24) is 19.9 Å². The van der Waals surface area contributed by atoms with E-state index in [0.29, 0.717) is 52.2 Å². The number of methoxy groups -OCH3 is 1. The lowest BCUT2D eigenvalue weighted by Gasteiger charge is -2.42. The van der Waals surface area contributed by atoms with Crippen molar-refractivity contribution in [1.29, 1.82) is 0 Å². The van der Waals surface area contributed by atoms with Crippen molar-refractivity contribution in [3.05, 3.63) is 54.2 Å². The van der Waals surface area contributed by atoms with Gasteiger partial charge in [-0.2, -0.15) is 0 Å². The first kappa shape index (κ1) is 37.5. The average molecular weight is 726 g/mol. The van der Waals surface area contributed by atoms with Crippen LogP contribution < -0.4 is 9.64 Å². The third-order valence-corrected chi connectivity index (χ3v) is 17.1. The maximum absolute atomic E-state index is 17.0. The second kappa shape index (κ2) is 14.6. The van der Waals surface area contributed by atoms with Gasteiger partial charge in [-0.3, -0.25) is 9.88 Å². The molecule has 2 atom stereocenters. The summed E-state index contributed by atoms with van der Waals surface area (Å²) in [5.74, 6) is 4.22. The van der Waals surface area contributed by atoms with E-state index in [0.717, 1.165) is 29.2 Å². The molecule has 2 fully saturated rings. The van der Waals surface area contributed by atoms with Crippen LogP contribution in [0.15, 0.2) is 42.9 Å². The van der Waals surface area contributed by atoms with Gasteiger partial charge in [0.1, 0.15) is 42.8 Å². The van der Waals surface area contributed by atoms with Crippen molar-refractivity contribution in [2.45, 2.75) is 109 Å². The maximum atomic E-state index is 17.0. The smallest absolute Gasteiger partial charge is 0.410 e. The standard InChI is InChI=1S/C41H52FN5O4Si/c1-25(2)52(26(3)4,27(5)6)17-16-28-12-11-13-29-18-32(50-24-49-10)19-33(35(28)29)37-36(42)38-34(20-43-37)39(45-23-44-38)46-21-30-14-15-31(22-46)47(30)40(48)51-41(7,8)9/h11-13,18-20,23,25-27,30-31H,14-15,21-22,24H2,1-10H3. The number of hydrogen-bond acceptors (Lipinski definition) is 8. The Balaban J connectivity index is 1.45. The van der Waals surface area contributed by atoms with Crippen molar-refractivity contribution < 1.29 is 23.4 Å². The lowest BCUT2D eigenvalue weighted by molar-refractivity contribution is 0.0123. The highest BCUT2D eigenvalue weighted by molar-refractivity contribution is 6.90. The second-order valence-corrected chi connectivity index (χ2v) is 21.7. The largest absolute Gasteiger partial charge is 0.468 e. The molecule has 0 N–H and O–H groups in total. The minimum absolute atomic E-state index is 0.0275. The predicted molar refractivity (Wildman–Crippen MR) is 208 cm³/mol. The van der Waals surface area contributed by atoms with Crippen molar-refractivity contribution >= 4 is 41.7 Å². The topological polar surface area (TPSA) is 89.9 Å². The van der Waals surface area contributed by atoms with Crippen molar-refractivity contribution in [3.8, 4) is 28.5 Å². The summed E-state index contributed by atoms with van der Waals surface area (Å²) in [4.78, 5) is 31.0. The number of hydrogen-bond donors (Lipinski definition) is 0. The van der Waals surface area contributed by atoms with Crippen molar-refractivity contribution in [2.75, 3.05) is 31.9 Å². The molecule has 1 amide bonds. The van der Waals surface area contributed by atoms with Gasteiger partial charge in [-0.25, -0.2) is 19.2 Å². The van der Waals surface area contributed by atoms with Crippen LogP contribution in [0.1, 0.15) is 80.7 Å². The molecule has 52 heavy (non-hydrogen) atoms. The van der Waals surface area contributed by atoms with E-state index in [9.17, 15) is 4.79 Å². The number of anilines is 1. The summed E-state index contributed by atoms with van der Waals surface area (Å²) < 4.78 is 33.8. The summed E-state index contributed by atoms with van der Waals surface area (Å²) in [5.41, 5.74) is 6.42. The normalized spacial score (nSPS) is 17.7. The number of rotatable bonds is 8. The van der Waals surface area contributed by atoms with Gasteiger partial charge in [0.05, 0.1) is 17.5 Å². The molecule has 2 aromatic carbocycles. The van der Waals surface area contributed by atoms with Gasteiger partial charge in [0.15, 0.2) is 12.6 Å². The Morgan fingerprint density at radius 2 is 1.67 bits per heavy atom. The number of carbonyl (C=O) groups is 1. The van der Waals surface area contributed by atoms with Crippen LogP contribution in [0, 0.1) is 17.3 Å². The molecule has 0 saturated carbocycles. The van der Waals surface area contributed by atoms with E-state index in [-0.39, 0.29) is 36.2 Å². The molecule has 0 radical (unpaired) electrons. The van der Waals surface area contributed by atoms with Crippen LogP contribution in [0.25, 0.3) is 32.9 Å². The number of ether oxygens (including phenoxy) is 3.